The van der Waals surface area contributed by atoms with E-state index in [4.69, 9.17) is 11.6 Å². The number of nitrogens with one attached hydrogen (secondary N) is 3. The van der Waals surface area contributed by atoms with E-state index >= 15 is 0 Å². The van der Waals surface area contributed by atoms with Crippen molar-refractivity contribution in [2.45, 2.75) is 19.9 Å². The molecule has 2 aromatic carbocycles. The molecule has 7 heteroatoms. The van der Waals surface area contributed by atoms with Crippen LogP contribution in [0.5, 0.6) is 0 Å². The van der Waals surface area contributed by atoms with Crippen molar-refractivity contribution in [2.24, 2.45) is 0 Å². The zero-order valence-corrected chi connectivity index (χ0v) is 16.2. The molecule has 132 valence electrons. The third-order valence-electron chi connectivity index (χ3n) is 3.59. The number of anilines is 1. The Kier molecular flexibility index (Phi) is 6.84. The summed E-state index contributed by atoms with van der Waals surface area (Å²) in [7, 11) is 0. The molecule has 0 saturated carbocycles. The first kappa shape index (κ1) is 19.3. The van der Waals surface area contributed by atoms with Gasteiger partial charge in [-0.05, 0) is 49.2 Å². The summed E-state index contributed by atoms with van der Waals surface area (Å²) in [5.74, 6) is -0.300. The molecule has 0 aliphatic rings. The maximum Gasteiger partial charge on any atom is 0.315 e. The van der Waals surface area contributed by atoms with Crippen molar-refractivity contribution in [3.05, 3.63) is 63.1 Å². The predicted octanol–water partition coefficient (Wildman–Crippen LogP) is 4.41. The van der Waals surface area contributed by atoms with Crippen LogP contribution in [-0.2, 0) is 4.79 Å². The van der Waals surface area contributed by atoms with Gasteiger partial charge in [0.25, 0.3) is 0 Å². The van der Waals surface area contributed by atoms with Crippen LogP contribution in [-0.4, -0.2) is 18.5 Å². The predicted molar refractivity (Wildman–Crippen MR) is 104 cm³/mol. The maximum absolute atomic E-state index is 12.0. The van der Waals surface area contributed by atoms with Gasteiger partial charge in [-0.2, -0.15) is 0 Å². The van der Waals surface area contributed by atoms with E-state index in [9.17, 15) is 9.59 Å². The van der Waals surface area contributed by atoms with Crippen molar-refractivity contribution < 1.29 is 9.59 Å². The highest BCUT2D eigenvalue weighted by molar-refractivity contribution is 9.10. The Balaban J connectivity index is 1.83. The normalized spacial score (nSPS) is 11.5. The lowest BCUT2D eigenvalue weighted by molar-refractivity contribution is -0.115. The highest BCUT2D eigenvalue weighted by Gasteiger charge is 2.13. The van der Waals surface area contributed by atoms with Crippen molar-refractivity contribution in [1.29, 1.82) is 0 Å². The molecule has 0 heterocycles. The fourth-order valence-electron chi connectivity index (χ4n) is 2.27. The van der Waals surface area contributed by atoms with E-state index < -0.39 is 6.03 Å². The number of carbonyl (C=O) groups is 2. The molecule has 0 bridgehead atoms. The number of halogens is 2. The first-order valence-electron chi connectivity index (χ1n) is 7.71. The number of benzene rings is 2. The number of rotatable bonds is 5. The second kappa shape index (κ2) is 8.87. The van der Waals surface area contributed by atoms with Gasteiger partial charge in [0.05, 0.1) is 12.6 Å². The van der Waals surface area contributed by atoms with Crippen LogP contribution < -0.4 is 16.0 Å². The maximum atomic E-state index is 12.0. The molecule has 0 aromatic heterocycles. The van der Waals surface area contributed by atoms with Crippen molar-refractivity contribution in [1.82, 2.24) is 10.6 Å². The van der Waals surface area contributed by atoms with E-state index in [2.05, 4.69) is 31.9 Å². The van der Waals surface area contributed by atoms with Gasteiger partial charge < -0.3 is 16.0 Å². The Morgan fingerprint density at radius 1 is 1.20 bits per heavy atom. The lowest BCUT2D eigenvalue weighted by Crippen LogP contribution is -2.41. The minimum Gasteiger partial charge on any atom is -0.332 e. The number of aryl methyl sites for hydroxylation is 1. The molecule has 1 atom stereocenters. The molecule has 0 radical (unpaired) electrons. The Labute approximate surface area is 160 Å². The van der Waals surface area contributed by atoms with Crippen molar-refractivity contribution in [2.75, 3.05) is 11.9 Å². The fraction of sp³-hybridized carbons (Fsp3) is 0.222. The van der Waals surface area contributed by atoms with E-state index in [1.807, 2.05) is 44.2 Å². The molecule has 2 rings (SSSR count). The molecule has 0 aliphatic carbocycles. The molecule has 0 unspecified atom stereocenters. The van der Waals surface area contributed by atoms with Crippen LogP contribution in [0.4, 0.5) is 10.5 Å². The number of carbonyl (C=O) groups excluding carboxylic acids is 2. The van der Waals surface area contributed by atoms with Gasteiger partial charge in [-0.25, -0.2) is 4.79 Å². The van der Waals surface area contributed by atoms with Crippen LogP contribution in [0, 0.1) is 6.92 Å². The van der Waals surface area contributed by atoms with E-state index in [1.54, 1.807) is 12.1 Å². The van der Waals surface area contributed by atoms with Crippen LogP contribution in [0.1, 0.15) is 24.1 Å². The Morgan fingerprint density at radius 2 is 1.92 bits per heavy atom. The Bertz CT molecular complexity index is 783. The summed E-state index contributed by atoms with van der Waals surface area (Å²) >= 11 is 9.48. The highest BCUT2D eigenvalue weighted by atomic mass is 79.9. The van der Waals surface area contributed by atoms with Gasteiger partial charge in [0.15, 0.2) is 0 Å². The van der Waals surface area contributed by atoms with E-state index in [0.717, 1.165) is 15.6 Å². The lowest BCUT2D eigenvalue weighted by atomic mass is 10.1. The summed E-state index contributed by atoms with van der Waals surface area (Å²) < 4.78 is 0.939. The first-order valence-corrected chi connectivity index (χ1v) is 8.88. The first-order chi connectivity index (χ1) is 11.9. The van der Waals surface area contributed by atoms with Crippen molar-refractivity contribution >= 4 is 45.2 Å². The number of amides is 3. The molecule has 3 N–H and O–H groups in total. The number of hydrogen-bond acceptors (Lipinski definition) is 2. The number of hydrogen-bond donors (Lipinski definition) is 3. The van der Waals surface area contributed by atoms with E-state index in [0.29, 0.717) is 10.7 Å². The van der Waals surface area contributed by atoms with Crippen LogP contribution in [0.3, 0.4) is 0 Å². The molecule has 25 heavy (non-hydrogen) atoms. The standard InChI is InChI=1S/C18H19BrClN3O2/c1-11-9-13(19)7-8-16(11)23-17(24)10-21-18(25)22-12(2)14-5-3-4-6-15(14)20/h3-9,12H,10H2,1-2H3,(H,23,24)(H2,21,22,25)/t12-/m0/s1. The second-order valence-corrected chi connectivity index (χ2v) is 6.90. The van der Waals surface area contributed by atoms with Crippen LogP contribution in [0.15, 0.2) is 46.9 Å². The molecule has 0 spiro atoms. The molecular weight excluding hydrogens is 406 g/mol. The van der Waals surface area contributed by atoms with Gasteiger partial charge in [0.1, 0.15) is 0 Å². The Hall–Kier alpha value is -2.05. The van der Waals surface area contributed by atoms with Crippen molar-refractivity contribution in [3.8, 4) is 0 Å². The summed E-state index contributed by atoms with van der Waals surface area (Å²) in [5.41, 5.74) is 2.45. The second-order valence-electron chi connectivity index (χ2n) is 5.58. The van der Waals surface area contributed by atoms with Gasteiger partial charge >= 0.3 is 6.03 Å². The molecule has 5 nitrogen and oxygen atoms in total. The van der Waals surface area contributed by atoms with Crippen LogP contribution in [0.25, 0.3) is 0 Å². The molecule has 3 amide bonds. The summed E-state index contributed by atoms with van der Waals surface area (Å²) in [4.78, 5) is 23.9. The van der Waals surface area contributed by atoms with Gasteiger partial charge in [-0.3, -0.25) is 4.79 Å². The Morgan fingerprint density at radius 3 is 2.60 bits per heavy atom. The summed E-state index contributed by atoms with van der Waals surface area (Å²) in [6.45, 7) is 3.59. The summed E-state index contributed by atoms with van der Waals surface area (Å²) in [5, 5.41) is 8.64. The average molecular weight is 425 g/mol. The third-order valence-corrected chi connectivity index (χ3v) is 4.43. The van der Waals surface area contributed by atoms with E-state index in [-0.39, 0.29) is 18.5 Å². The lowest BCUT2D eigenvalue weighted by Gasteiger charge is -2.16. The van der Waals surface area contributed by atoms with E-state index in [1.165, 1.54) is 0 Å². The topological polar surface area (TPSA) is 70.2 Å². The summed E-state index contributed by atoms with van der Waals surface area (Å²) in [6.07, 6.45) is 0. The molecule has 2 aromatic rings. The summed E-state index contributed by atoms with van der Waals surface area (Å²) in [6, 6.07) is 12.1. The smallest absolute Gasteiger partial charge is 0.315 e. The van der Waals surface area contributed by atoms with Gasteiger partial charge in [-0.1, -0.05) is 45.7 Å². The van der Waals surface area contributed by atoms with Gasteiger partial charge in [0, 0.05) is 15.2 Å². The van der Waals surface area contributed by atoms with Gasteiger partial charge in [-0.15, -0.1) is 0 Å². The third kappa shape index (κ3) is 5.76. The monoisotopic (exact) mass is 423 g/mol. The van der Waals surface area contributed by atoms with Crippen molar-refractivity contribution in [3.63, 3.8) is 0 Å². The highest BCUT2D eigenvalue weighted by Crippen LogP contribution is 2.22. The minimum atomic E-state index is -0.435. The molecule has 0 saturated heterocycles. The minimum absolute atomic E-state index is 0.128. The largest absolute Gasteiger partial charge is 0.332 e. The fourth-order valence-corrected chi connectivity index (χ4v) is 3.05. The average Bonchev–Trinajstić information content (AvgIpc) is 2.56. The zero-order valence-electron chi connectivity index (χ0n) is 13.9. The molecular formula is C18H19BrClN3O2. The quantitative estimate of drug-likeness (QED) is 0.665. The van der Waals surface area contributed by atoms with Crippen LogP contribution >= 0.6 is 27.5 Å². The molecule has 0 aliphatic heterocycles. The van der Waals surface area contributed by atoms with Crippen LogP contribution in [0.2, 0.25) is 5.02 Å². The molecule has 0 fully saturated rings. The zero-order chi connectivity index (χ0) is 18.4. The van der Waals surface area contributed by atoms with Gasteiger partial charge in [0.2, 0.25) is 5.91 Å². The number of urea groups is 1. The SMILES string of the molecule is Cc1cc(Br)ccc1NC(=O)CNC(=O)N[C@@H](C)c1ccccc1Cl.